The summed E-state index contributed by atoms with van der Waals surface area (Å²) in [5, 5.41) is 6.30. The molecule has 0 spiro atoms. The molecule has 5 heteroatoms. The molecule has 0 atom stereocenters. The number of nitrogens with zero attached hydrogens (tertiary/aromatic N) is 3. The van der Waals surface area contributed by atoms with Gasteiger partial charge in [0.2, 0.25) is 0 Å². The predicted octanol–water partition coefficient (Wildman–Crippen LogP) is 13.2. The minimum atomic E-state index is 0.570. The molecule has 3 aromatic heterocycles. The average molecular weight is 692 g/mol. The topological polar surface area (TPSA) is 65.0 Å². The maximum absolute atomic E-state index is 6.49. The van der Waals surface area contributed by atoms with Gasteiger partial charge in [-0.2, -0.15) is 0 Å². The Morgan fingerprint density at radius 1 is 0.296 bits per heavy atom. The van der Waals surface area contributed by atoms with Gasteiger partial charge < -0.3 is 8.83 Å². The van der Waals surface area contributed by atoms with Crippen molar-refractivity contribution in [3.63, 3.8) is 0 Å². The van der Waals surface area contributed by atoms with Gasteiger partial charge in [0.25, 0.3) is 0 Å². The van der Waals surface area contributed by atoms with Crippen LogP contribution >= 0.6 is 0 Å². The number of hydrogen-bond acceptors (Lipinski definition) is 5. The van der Waals surface area contributed by atoms with Gasteiger partial charge in [0.1, 0.15) is 22.3 Å². The number of aromatic nitrogens is 3. The van der Waals surface area contributed by atoms with E-state index in [1.54, 1.807) is 0 Å². The Balaban J connectivity index is 1.15. The van der Waals surface area contributed by atoms with Crippen molar-refractivity contribution in [3.8, 4) is 56.4 Å². The largest absolute Gasteiger partial charge is 0.456 e. The number of rotatable bonds is 5. The van der Waals surface area contributed by atoms with Crippen LogP contribution in [-0.4, -0.2) is 15.0 Å². The van der Waals surface area contributed by atoms with E-state index in [0.717, 1.165) is 82.5 Å². The van der Waals surface area contributed by atoms with E-state index in [1.807, 2.05) is 60.7 Å². The second-order valence-corrected chi connectivity index (χ2v) is 13.6. The summed E-state index contributed by atoms with van der Waals surface area (Å²) in [7, 11) is 0. The maximum atomic E-state index is 6.49. The van der Waals surface area contributed by atoms with Crippen LogP contribution in [0.2, 0.25) is 0 Å². The van der Waals surface area contributed by atoms with E-state index >= 15 is 0 Å². The zero-order valence-corrected chi connectivity index (χ0v) is 28.9. The smallest absolute Gasteiger partial charge is 0.164 e. The molecule has 0 N–H and O–H groups in total. The Morgan fingerprint density at radius 2 is 0.815 bits per heavy atom. The lowest BCUT2D eigenvalue weighted by molar-refractivity contribution is 0.668. The van der Waals surface area contributed by atoms with Gasteiger partial charge in [-0.3, -0.25) is 0 Å². The number of para-hydroxylation sites is 2. The summed E-state index contributed by atoms with van der Waals surface area (Å²) in [5.41, 5.74) is 10.4. The first-order valence-electron chi connectivity index (χ1n) is 18.0. The zero-order chi connectivity index (χ0) is 35.6. The molecule has 0 aliphatic carbocycles. The van der Waals surface area contributed by atoms with E-state index < -0.39 is 0 Å². The van der Waals surface area contributed by atoms with Crippen molar-refractivity contribution in [3.05, 3.63) is 176 Å². The van der Waals surface area contributed by atoms with Crippen molar-refractivity contribution in [2.24, 2.45) is 0 Å². The van der Waals surface area contributed by atoms with Crippen LogP contribution in [0.3, 0.4) is 0 Å². The van der Waals surface area contributed by atoms with E-state index in [-0.39, 0.29) is 0 Å². The fourth-order valence-corrected chi connectivity index (χ4v) is 7.64. The molecule has 3 heterocycles. The fraction of sp³-hybridized carbons (Fsp3) is 0. The normalized spacial score (nSPS) is 11.7. The molecule has 0 amide bonds. The lowest BCUT2D eigenvalue weighted by Crippen LogP contribution is -2.01. The van der Waals surface area contributed by atoms with Gasteiger partial charge in [-0.15, -0.1) is 0 Å². The SMILES string of the molecule is c1ccc(-c2ccc3cc(-c4nc(-c5ccc6oc7ccccc7c6c5)nc(-c5cc(-c6ccccc6)cc6oc7ccccc7c56)n4)ccc3c2)cc1. The molecule has 0 bridgehead atoms. The highest BCUT2D eigenvalue weighted by molar-refractivity contribution is 6.13. The van der Waals surface area contributed by atoms with E-state index in [9.17, 15) is 0 Å². The van der Waals surface area contributed by atoms with Crippen molar-refractivity contribution in [2.75, 3.05) is 0 Å². The highest BCUT2D eigenvalue weighted by atomic mass is 16.3. The highest BCUT2D eigenvalue weighted by Gasteiger charge is 2.20. The molecule has 0 fully saturated rings. The van der Waals surface area contributed by atoms with Gasteiger partial charge in [0.15, 0.2) is 17.5 Å². The fourth-order valence-electron chi connectivity index (χ4n) is 7.64. The molecule has 0 aliphatic rings. The van der Waals surface area contributed by atoms with E-state index in [0.29, 0.717) is 17.5 Å². The van der Waals surface area contributed by atoms with Crippen LogP contribution in [0.4, 0.5) is 0 Å². The molecule has 0 radical (unpaired) electrons. The number of furan rings is 2. The lowest BCUT2D eigenvalue weighted by atomic mass is 9.98. The van der Waals surface area contributed by atoms with E-state index in [1.165, 1.54) is 11.1 Å². The lowest BCUT2D eigenvalue weighted by Gasteiger charge is -2.12. The Bertz CT molecular complexity index is 3220. The van der Waals surface area contributed by atoms with Crippen molar-refractivity contribution < 1.29 is 8.83 Å². The van der Waals surface area contributed by atoms with Crippen LogP contribution in [0.5, 0.6) is 0 Å². The predicted molar refractivity (Wildman–Crippen MR) is 219 cm³/mol. The minimum Gasteiger partial charge on any atom is -0.456 e. The van der Waals surface area contributed by atoms with Crippen LogP contribution in [0, 0.1) is 0 Å². The third kappa shape index (κ3) is 5.06. The molecule has 11 rings (SSSR count). The van der Waals surface area contributed by atoms with Crippen molar-refractivity contribution >= 4 is 54.6 Å². The van der Waals surface area contributed by atoms with Crippen molar-refractivity contribution in [1.29, 1.82) is 0 Å². The summed E-state index contributed by atoms with van der Waals surface area (Å²) in [6.07, 6.45) is 0. The maximum Gasteiger partial charge on any atom is 0.164 e. The van der Waals surface area contributed by atoms with E-state index in [2.05, 4.69) is 115 Å². The third-order valence-electron chi connectivity index (χ3n) is 10.3. The van der Waals surface area contributed by atoms with Crippen LogP contribution in [0.15, 0.2) is 185 Å². The van der Waals surface area contributed by atoms with Gasteiger partial charge in [-0.05, 0) is 87.6 Å². The van der Waals surface area contributed by atoms with Crippen molar-refractivity contribution in [1.82, 2.24) is 15.0 Å². The molecule has 11 aromatic rings. The second kappa shape index (κ2) is 12.1. The summed E-state index contributed by atoms with van der Waals surface area (Å²) >= 11 is 0. The molecular formula is C49H29N3O2. The standard InChI is InChI=1S/C49H29N3O2/c1-3-11-30(12-4-1)32-19-20-34-26-35(22-21-33(34)25-32)47-50-48(36-23-24-44-40(27-36)38-15-7-9-17-42(38)53-44)52-49(51-47)41-28-37(31-13-5-2-6-14-31)29-45-46(41)39-16-8-10-18-43(39)54-45/h1-29H. The summed E-state index contributed by atoms with van der Waals surface area (Å²) in [6.45, 7) is 0. The molecule has 54 heavy (non-hydrogen) atoms. The zero-order valence-electron chi connectivity index (χ0n) is 28.9. The summed E-state index contributed by atoms with van der Waals surface area (Å²) < 4.78 is 12.7. The minimum absolute atomic E-state index is 0.570. The Kier molecular flexibility index (Phi) is 6.79. The molecule has 5 nitrogen and oxygen atoms in total. The van der Waals surface area contributed by atoms with Gasteiger partial charge in [-0.25, -0.2) is 15.0 Å². The molecule has 0 saturated heterocycles. The molecule has 252 valence electrons. The summed E-state index contributed by atoms with van der Waals surface area (Å²) in [6, 6.07) is 60.5. The van der Waals surface area contributed by atoms with Gasteiger partial charge in [-0.1, -0.05) is 121 Å². The van der Waals surface area contributed by atoms with Gasteiger partial charge >= 0.3 is 0 Å². The van der Waals surface area contributed by atoms with Crippen molar-refractivity contribution in [2.45, 2.75) is 0 Å². The molecule has 0 unspecified atom stereocenters. The summed E-state index contributed by atoms with van der Waals surface area (Å²) in [5.74, 6) is 1.74. The Labute approximate surface area is 309 Å². The average Bonchev–Trinajstić information content (AvgIpc) is 3.81. The van der Waals surface area contributed by atoms with Gasteiger partial charge in [0, 0.05) is 38.2 Å². The van der Waals surface area contributed by atoms with Crippen LogP contribution < -0.4 is 0 Å². The molecule has 0 aliphatic heterocycles. The Morgan fingerprint density at radius 3 is 1.56 bits per heavy atom. The van der Waals surface area contributed by atoms with Crippen LogP contribution in [0.25, 0.3) is 111 Å². The van der Waals surface area contributed by atoms with Crippen LogP contribution in [-0.2, 0) is 0 Å². The van der Waals surface area contributed by atoms with Crippen LogP contribution in [0.1, 0.15) is 0 Å². The molecule has 0 saturated carbocycles. The Hall–Kier alpha value is -7.37. The molecule has 8 aromatic carbocycles. The third-order valence-corrected chi connectivity index (χ3v) is 10.3. The highest BCUT2D eigenvalue weighted by Crippen LogP contribution is 2.40. The van der Waals surface area contributed by atoms with E-state index in [4.69, 9.17) is 23.8 Å². The monoisotopic (exact) mass is 691 g/mol. The first kappa shape index (κ1) is 30.3. The van der Waals surface area contributed by atoms with Gasteiger partial charge in [0.05, 0.1) is 0 Å². The second-order valence-electron chi connectivity index (χ2n) is 13.6. The first-order valence-corrected chi connectivity index (χ1v) is 18.0. The number of benzene rings is 8. The first-order chi connectivity index (χ1) is 26.7. The quantitative estimate of drug-likeness (QED) is 0.180. The number of fused-ring (bicyclic) bond motifs is 7. The summed E-state index contributed by atoms with van der Waals surface area (Å²) in [4.78, 5) is 15.7. The number of hydrogen-bond donors (Lipinski definition) is 0. The molecular weight excluding hydrogens is 663 g/mol.